The van der Waals surface area contributed by atoms with Crippen molar-refractivity contribution < 1.29 is 4.74 Å². The number of methoxy groups -OCH3 is 1. The third-order valence-electron chi connectivity index (χ3n) is 2.49. The van der Waals surface area contributed by atoms with Gasteiger partial charge >= 0.3 is 0 Å². The smallest absolute Gasteiger partial charge is 0.137 e. The summed E-state index contributed by atoms with van der Waals surface area (Å²) in [6.07, 6.45) is 2.13. The zero-order chi connectivity index (χ0) is 13.8. The quantitative estimate of drug-likeness (QED) is 0.885. The molecule has 0 fully saturated rings. The van der Waals surface area contributed by atoms with Gasteiger partial charge in [-0.3, -0.25) is 0 Å². The van der Waals surface area contributed by atoms with E-state index in [9.17, 15) is 0 Å². The second-order valence-electron chi connectivity index (χ2n) is 5.49. The van der Waals surface area contributed by atoms with Gasteiger partial charge in [-0.1, -0.05) is 29.3 Å². The highest BCUT2D eigenvalue weighted by Gasteiger charge is 2.08. The number of rotatable bonds is 4. The maximum atomic E-state index is 6.09. The Labute approximate surface area is 115 Å². The predicted octanol–water partition coefficient (Wildman–Crippen LogP) is 4.14. The first-order valence-electron chi connectivity index (χ1n) is 6.07. The summed E-state index contributed by atoms with van der Waals surface area (Å²) in [5, 5.41) is 4.09. The van der Waals surface area contributed by atoms with Crippen molar-refractivity contribution in [3.63, 3.8) is 0 Å². The van der Waals surface area contributed by atoms with Crippen LogP contribution in [0.4, 0.5) is 0 Å². The molecule has 0 aliphatic rings. The zero-order valence-electron chi connectivity index (χ0n) is 11.8. The van der Waals surface area contributed by atoms with Crippen LogP contribution >= 0.6 is 11.6 Å². The van der Waals surface area contributed by atoms with E-state index in [0.717, 1.165) is 12.1 Å². The van der Waals surface area contributed by atoms with E-state index in [1.54, 1.807) is 7.11 Å². The van der Waals surface area contributed by atoms with Crippen molar-refractivity contribution in [2.45, 2.75) is 33.2 Å². The number of ether oxygens (including phenoxy) is 1. The lowest BCUT2D eigenvalue weighted by Gasteiger charge is -2.20. The van der Waals surface area contributed by atoms with E-state index < -0.39 is 0 Å². The Hall–Kier alpha value is -0.990. The molecule has 0 aromatic heterocycles. The van der Waals surface area contributed by atoms with Crippen LogP contribution in [-0.4, -0.2) is 19.2 Å². The van der Waals surface area contributed by atoms with Gasteiger partial charge in [0.1, 0.15) is 5.75 Å². The van der Waals surface area contributed by atoms with E-state index >= 15 is 0 Å². The Bertz CT molecular complexity index is 433. The molecule has 0 saturated carbocycles. The molecule has 0 aliphatic carbocycles. The summed E-state index contributed by atoms with van der Waals surface area (Å²) < 4.78 is 5.13. The Morgan fingerprint density at radius 1 is 1.39 bits per heavy atom. The van der Waals surface area contributed by atoms with Crippen LogP contribution in [0.1, 0.15) is 33.3 Å². The number of hydrogen-bond donors (Lipinski definition) is 1. The molecule has 0 heterocycles. The van der Waals surface area contributed by atoms with Crippen LogP contribution < -0.4 is 10.1 Å². The lowest BCUT2D eigenvalue weighted by molar-refractivity contribution is 0.415. The molecule has 1 aromatic rings. The molecule has 2 nitrogen and oxygen atoms in total. The average Bonchev–Trinajstić information content (AvgIpc) is 2.26. The maximum absolute atomic E-state index is 6.09. The summed E-state index contributed by atoms with van der Waals surface area (Å²) in [5.41, 5.74) is 2.49. The van der Waals surface area contributed by atoms with Gasteiger partial charge in [0.15, 0.2) is 0 Å². The molecule has 0 radical (unpaired) electrons. The third kappa shape index (κ3) is 5.11. The van der Waals surface area contributed by atoms with Crippen LogP contribution in [0.25, 0.3) is 6.08 Å². The normalized spacial score (nSPS) is 12.7. The number of hydrogen-bond acceptors (Lipinski definition) is 2. The van der Waals surface area contributed by atoms with Gasteiger partial charge < -0.3 is 10.1 Å². The summed E-state index contributed by atoms with van der Waals surface area (Å²) in [5.74, 6) is 0.708. The van der Waals surface area contributed by atoms with Gasteiger partial charge in [0, 0.05) is 12.1 Å². The first-order valence-corrected chi connectivity index (χ1v) is 6.45. The molecule has 1 N–H and O–H groups in total. The van der Waals surface area contributed by atoms with E-state index in [2.05, 4.69) is 39.1 Å². The Morgan fingerprint density at radius 3 is 2.56 bits per heavy atom. The molecule has 0 unspecified atom stereocenters. The summed E-state index contributed by atoms with van der Waals surface area (Å²) in [7, 11) is 1.62. The predicted molar refractivity (Wildman–Crippen MR) is 79.4 cm³/mol. The van der Waals surface area contributed by atoms with E-state index in [-0.39, 0.29) is 5.54 Å². The second-order valence-corrected chi connectivity index (χ2v) is 5.90. The van der Waals surface area contributed by atoms with Crippen molar-refractivity contribution in [1.29, 1.82) is 0 Å². The summed E-state index contributed by atoms with van der Waals surface area (Å²) in [6, 6.07) is 5.81. The van der Waals surface area contributed by atoms with Crippen LogP contribution in [0.15, 0.2) is 23.8 Å². The van der Waals surface area contributed by atoms with Crippen molar-refractivity contribution in [3.05, 3.63) is 34.4 Å². The monoisotopic (exact) mass is 267 g/mol. The highest BCUT2D eigenvalue weighted by molar-refractivity contribution is 6.32. The molecule has 0 bridgehead atoms. The van der Waals surface area contributed by atoms with E-state index in [4.69, 9.17) is 16.3 Å². The molecular weight excluding hydrogens is 246 g/mol. The number of nitrogens with one attached hydrogen (secondary N) is 1. The van der Waals surface area contributed by atoms with E-state index in [0.29, 0.717) is 10.8 Å². The Balaban J connectivity index is 2.73. The zero-order valence-corrected chi connectivity index (χ0v) is 12.6. The third-order valence-corrected chi connectivity index (χ3v) is 2.78. The van der Waals surface area contributed by atoms with Crippen molar-refractivity contribution in [3.8, 4) is 5.75 Å². The van der Waals surface area contributed by atoms with Crippen LogP contribution in [0.2, 0.25) is 5.02 Å². The minimum absolute atomic E-state index is 0.132. The van der Waals surface area contributed by atoms with E-state index in [1.807, 2.05) is 18.2 Å². The molecule has 3 heteroatoms. The second kappa shape index (κ2) is 6.26. The Kier molecular flexibility index (Phi) is 5.24. The highest BCUT2D eigenvalue weighted by Crippen LogP contribution is 2.25. The van der Waals surface area contributed by atoms with Crippen molar-refractivity contribution in [2.24, 2.45) is 0 Å². The summed E-state index contributed by atoms with van der Waals surface area (Å²) in [6.45, 7) is 9.45. The van der Waals surface area contributed by atoms with Crippen LogP contribution in [-0.2, 0) is 0 Å². The standard InChI is InChI=1S/C15H22ClNO/c1-11(10-17-15(2,3)4)8-12-6-7-14(18-5)13(16)9-12/h6-9,17H,10H2,1-5H3. The van der Waals surface area contributed by atoms with Crippen molar-refractivity contribution >= 4 is 17.7 Å². The number of benzene rings is 1. The topological polar surface area (TPSA) is 21.3 Å². The molecule has 1 aromatic carbocycles. The number of halogens is 1. The average molecular weight is 268 g/mol. The van der Waals surface area contributed by atoms with Crippen LogP contribution in [0, 0.1) is 0 Å². The largest absolute Gasteiger partial charge is 0.495 e. The van der Waals surface area contributed by atoms with Gasteiger partial charge in [-0.25, -0.2) is 0 Å². The van der Waals surface area contributed by atoms with Crippen molar-refractivity contribution in [2.75, 3.05) is 13.7 Å². The minimum atomic E-state index is 0.132. The fourth-order valence-electron chi connectivity index (χ4n) is 1.51. The van der Waals surface area contributed by atoms with Gasteiger partial charge in [-0.05, 0) is 45.4 Å². The lowest BCUT2D eigenvalue weighted by Crippen LogP contribution is -2.36. The molecule has 100 valence electrons. The molecule has 0 aliphatic heterocycles. The van der Waals surface area contributed by atoms with Gasteiger partial charge in [0.2, 0.25) is 0 Å². The fourth-order valence-corrected chi connectivity index (χ4v) is 1.78. The molecule has 0 spiro atoms. The molecule has 0 saturated heterocycles. The molecule has 1 rings (SSSR count). The van der Waals surface area contributed by atoms with Gasteiger partial charge in [-0.15, -0.1) is 0 Å². The lowest BCUT2D eigenvalue weighted by atomic mass is 10.1. The summed E-state index contributed by atoms with van der Waals surface area (Å²) >= 11 is 6.09. The molecule has 0 atom stereocenters. The van der Waals surface area contributed by atoms with Gasteiger partial charge in [-0.2, -0.15) is 0 Å². The fraction of sp³-hybridized carbons (Fsp3) is 0.467. The van der Waals surface area contributed by atoms with Gasteiger partial charge in [0.25, 0.3) is 0 Å². The first kappa shape index (κ1) is 15.1. The maximum Gasteiger partial charge on any atom is 0.137 e. The molecular formula is C15H22ClNO. The van der Waals surface area contributed by atoms with Crippen LogP contribution in [0.3, 0.4) is 0 Å². The van der Waals surface area contributed by atoms with E-state index in [1.165, 1.54) is 5.57 Å². The molecule has 0 amide bonds. The first-order chi connectivity index (χ1) is 8.31. The van der Waals surface area contributed by atoms with Crippen LogP contribution in [0.5, 0.6) is 5.75 Å². The highest BCUT2D eigenvalue weighted by atomic mass is 35.5. The SMILES string of the molecule is COc1ccc(C=C(C)CNC(C)(C)C)cc1Cl. The summed E-state index contributed by atoms with van der Waals surface area (Å²) in [4.78, 5) is 0. The van der Waals surface area contributed by atoms with Gasteiger partial charge in [0.05, 0.1) is 12.1 Å². The van der Waals surface area contributed by atoms with Crippen molar-refractivity contribution in [1.82, 2.24) is 5.32 Å². The Morgan fingerprint density at radius 2 is 2.06 bits per heavy atom. The molecule has 18 heavy (non-hydrogen) atoms. The minimum Gasteiger partial charge on any atom is -0.495 e.